The summed E-state index contributed by atoms with van der Waals surface area (Å²) in [7, 11) is 0. The van der Waals surface area contributed by atoms with Crippen LogP contribution < -0.4 is 10.9 Å². The number of halogens is 3. The molecule has 136 valence electrons. The van der Waals surface area contributed by atoms with E-state index in [0.29, 0.717) is 17.8 Å². The summed E-state index contributed by atoms with van der Waals surface area (Å²) in [6.07, 6.45) is 2.10. The highest BCUT2D eigenvalue weighted by Gasteiger charge is 2.54. The van der Waals surface area contributed by atoms with Crippen LogP contribution in [0.4, 0.5) is 13.2 Å². The quantitative estimate of drug-likeness (QED) is 0.908. The molecule has 25 heavy (non-hydrogen) atoms. The fourth-order valence-electron chi connectivity index (χ4n) is 5.46. The number of amides is 1. The van der Waals surface area contributed by atoms with E-state index in [2.05, 4.69) is 5.32 Å². The van der Waals surface area contributed by atoms with E-state index in [4.69, 9.17) is 0 Å². The van der Waals surface area contributed by atoms with Gasteiger partial charge in [-0.25, -0.2) is 0 Å². The van der Waals surface area contributed by atoms with Gasteiger partial charge < -0.3 is 9.88 Å². The normalized spacial score (nSPS) is 33.5. The Bertz CT molecular complexity index is 743. The first-order valence-corrected chi connectivity index (χ1v) is 8.90. The fourth-order valence-corrected chi connectivity index (χ4v) is 5.46. The Kier molecular flexibility index (Phi) is 3.92. The van der Waals surface area contributed by atoms with Crippen molar-refractivity contribution >= 4 is 5.91 Å². The summed E-state index contributed by atoms with van der Waals surface area (Å²) >= 11 is 0. The molecule has 1 N–H and O–H groups in total. The lowest BCUT2D eigenvalue weighted by Gasteiger charge is -2.32. The monoisotopic (exact) mass is 354 g/mol. The van der Waals surface area contributed by atoms with E-state index in [9.17, 15) is 22.8 Å². The van der Waals surface area contributed by atoms with Crippen LogP contribution in [0, 0.1) is 23.7 Å². The van der Waals surface area contributed by atoms with Crippen molar-refractivity contribution in [3.05, 3.63) is 34.2 Å². The number of rotatable bonds is 3. The molecule has 3 aliphatic rings. The van der Waals surface area contributed by atoms with Gasteiger partial charge in [-0.2, -0.15) is 13.2 Å². The van der Waals surface area contributed by atoms with Gasteiger partial charge in [-0.3, -0.25) is 9.59 Å². The maximum Gasteiger partial charge on any atom is 0.417 e. The number of alkyl halides is 3. The third kappa shape index (κ3) is 2.98. The smallest absolute Gasteiger partial charge is 0.352 e. The number of fused-ring (bicyclic) bond motifs is 5. The zero-order chi connectivity index (χ0) is 17.8. The van der Waals surface area contributed by atoms with E-state index in [-0.39, 0.29) is 18.5 Å². The van der Waals surface area contributed by atoms with Gasteiger partial charge in [0.2, 0.25) is 5.91 Å². The molecule has 0 saturated heterocycles. The molecule has 2 bridgehead atoms. The average molecular weight is 354 g/mol. The lowest BCUT2D eigenvalue weighted by molar-refractivity contribution is -0.138. The molecule has 1 heterocycles. The fraction of sp³-hybridized carbons (Fsp3) is 0.667. The highest BCUT2D eigenvalue weighted by atomic mass is 19.4. The number of nitrogens with zero attached hydrogens (tertiary/aromatic N) is 1. The number of hydrogen-bond donors (Lipinski definition) is 1. The van der Waals surface area contributed by atoms with Crippen LogP contribution in [-0.2, 0) is 17.5 Å². The van der Waals surface area contributed by atoms with Gasteiger partial charge in [0.15, 0.2) is 0 Å². The van der Waals surface area contributed by atoms with Crippen molar-refractivity contribution < 1.29 is 18.0 Å². The molecule has 1 amide bonds. The van der Waals surface area contributed by atoms with E-state index < -0.39 is 17.3 Å². The maximum atomic E-state index is 12.8. The molecule has 0 aromatic carbocycles. The van der Waals surface area contributed by atoms with Crippen LogP contribution in [0.1, 0.15) is 37.7 Å². The van der Waals surface area contributed by atoms with Crippen LogP contribution in [0.2, 0.25) is 0 Å². The molecular formula is C18H21F3N2O2. The molecule has 5 atom stereocenters. The number of aromatic nitrogens is 1. The van der Waals surface area contributed by atoms with Gasteiger partial charge in [0.1, 0.15) is 6.54 Å². The lowest BCUT2D eigenvalue weighted by atomic mass is 9.79. The first-order chi connectivity index (χ1) is 11.8. The first kappa shape index (κ1) is 16.7. The lowest BCUT2D eigenvalue weighted by Crippen LogP contribution is -2.44. The first-order valence-electron chi connectivity index (χ1n) is 8.90. The van der Waals surface area contributed by atoms with Gasteiger partial charge in [0.25, 0.3) is 5.56 Å². The molecule has 3 aliphatic carbocycles. The standard InChI is InChI=1S/C18H21F3N2O2/c19-18(20,21)11-4-5-17(25)23(8-11)9-16(24)22-15-7-10-6-14(15)13-3-1-2-12(10)13/h4-5,8,10,12-15H,1-3,6-7,9H2,(H,22,24)/t10-,12-,13-,14+,15-/m1/s1. The minimum Gasteiger partial charge on any atom is -0.352 e. The van der Waals surface area contributed by atoms with Crippen molar-refractivity contribution in [3.8, 4) is 0 Å². The van der Waals surface area contributed by atoms with Crippen LogP contribution in [-0.4, -0.2) is 16.5 Å². The average Bonchev–Trinajstić information content (AvgIpc) is 3.20. The van der Waals surface area contributed by atoms with Crippen molar-refractivity contribution in [2.75, 3.05) is 0 Å². The molecule has 4 rings (SSSR count). The van der Waals surface area contributed by atoms with Crippen LogP contribution in [0.25, 0.3) is 0 Å². The van der Waals surface area contributed by atoms with Crippen molar-refractivity contribution in [1.82, 2.24) is 9.88 Å². The summed E-state index contributed by atoms with van der Waals surface area (Å²) in [5, 5.41) is 2.98. The summed E-state index contributed by atoms with van der Waals surface area (Å²) in [6.45, 7) is -0.370. The predicted molar refractivity (Wildman–Crippen MR) is 84.7 cm³/mol. The molecule has 3 saturated carbocycles. The summed E-state index contributed by atoms with van der Waals surface area (Å²) in [5.41, 5.74) is -1.53. The zero-order valence-corrected chi connectivity index (χ0v) is 13.8. The SMILES string of the molecule is O=C(Cn1cc(C(F)(F)F)ccc1=O)N[C@@H]1C[C@H]2C[C@H]1[C@@H]1CCC[C@H]21. The Balaban J connectivity index is 1.43. The highest BCUT2D eigenvalue weighted by Crippen LogP contribution is 2.58. The Morgan fingerprint density at radius 1 is 1.16 bits per heavy atom. The molecule has 0 aliphatic heterocycles. The maximum absolute atomic E-state index is 12.8. The largest absolute Gasteiger partial charge is 0.417 e. The van der Waals surface area contributed by atoms with E-state index >= 15 is 0 Å². The minimum atomic E-state index is -4.53. The van der Waals surface area contributed by atoms with Crippen molar-refractivity contribution in [2.45, 2.75) is 50.9 Å². The Morgan fingerprint density at radius 2 is 1.92 bits per heavy atom. The Morgan fingerprint density at radius 3 is 2.68 bits per heavy atom. The predicted octanol–water partition coefficient (Wildman–Crippen LogP) is 2.81. The van der Waals surface area contributed by atoms with Crippen LogP contribution >= 0.6 is 0 Å². The molecule has 4 nitrogen and oxygen atoms in total. The molecular weight excluding hydrogens is 333 g/mol. The van der Waals surface area contributed by atoms with E-state index in [0.717, 1.165) is 41.7 Å². The second-order valence-electron chi connectivity index (χ2n) is 7.71. The number of carbonyl (C=O) groups excluding carboxylic acids is 1. The molecule has 7 heteroatoms. The molecule has 1 aromatic rings. The van der Waals surface area contributed by atoms with E-state index in [1.807, 2.05) is 0 Å². The number of hydrogen-bond acceptors (Lipinski definition) is 2. The van der Waals surface area contributed by atoms with Crippen LogP contribution in [0.5, 0.6) is 0 Å². The van der Waals surface area contributed by atoms with Crippen molar-refractivity contribution in [2.24, 2.45) is 23.7 Å². The summed E-state index contributed by atoms with van der Waals surface area (Å²) in [5.74, 6) is 2.30. The molecule has 0 radical (unpaired) electrons. The Labute approximate surface area is 143 Å². The summed E-state index contributed by atoms with van der Waals surface area (Å²) in [6, 6.07) is 1.71. The van der Waals surface area contributed by atoms with Crippen molar-refractivity contribution in [3.63, 3.8) is 0 Å². The molecule has 0 unspecified atom stereocenters. The second-order valence-corrected chi connectivity index (χ2v) is 7.71. The van der Waals surface area contributed by atoms with Crippen LogP contribution in [0.15, 0.2) is 23.1 Å². The summed E-state index contributed by atoms with van der Waals surface area (Å²) in [4.78, 5) is 24.1. The summed E-state index contributed by atoms with van der Waals surface area (Å²) < 4.78 is 39.2. The third-order valence-electron chi connectivity index (χ3n) is 6.40. The third-order valence-corrected chi connectivity index (χ3v) is 6.40. The van der Waals surface area contributed by atoms with Gasteiger partial charge >= 0.3 is 6.18 Å². The number of nitrogens with one attached hydrogen (secondary N) is 1. The van der Waals surface area contributed by atoms with Gasteiger partial charge in [0, 0.05) is 18.3 Å². The number of pyridine rings is 1. The second kappa shape index (κ2) is 5.88. The van der Waals surface area contributed by atoms with Gasteiger partial charge in [-0.1, -0.05) is 6.42 Å². The number of carbonyl (C=O) groups is 1. The molecule has 1 aromatic heterocycles. The topological polar surface area (TPSA) is 51.1 Å². The van der Waals surface area contributed by atoms with Crippen molar-refractivity contribution in [1.29, 1.82) is 0 Å². The Hall–Kier alpha value is -1.79. The molecule has 3 fully saturated rings. The van der Waals surface area contributed by atoms with E-state index in [1.54, 1.807) is 0 Å². The van der Waals surface area contributed by atoms with Crippen LogP contribution in [0.3, 0.4) is 0 Å². The minimum absolute atomic E-state index is 0.110. The van der Waals surface area contributed by atoms with E-state index in [1.165, 1.54) is 19.3 Å². The molecule has 0 spiro atoms. The zero-order valence-electron chi connectivity index (χ0n) is 13.8. The van der Waals surface area contributed by atoms with Gasteiger partial charge in [-0.05, 0) is 55.4 Å². The highest BCUT2D eigenvalue weighted by molar-refractivity contribution is 5.76. The van der Waals surface area contributed by atoms with Gasteiger partial charge in [-0.15, -0.1) is 0 Å². The van der Waals surface area contributed by atoms with Gasteiger partial charge in [0.05, 0.1) is 5.56 Å².